The Labute approximate surface area is 587 Å². The summed E-state index contributed by atoms with van der Waals surface area (Å²) in [6.45, 7) is 2.37. The summed E-state index contributed by atoms with van der Waals surface area (Å²) in [5, 5.41) is 20.6. The third-order valence-electron chi connectivity index (χ3n) is 15.0. The lowest BCUT2D eigenvalue weighted by Crippen LogP contribution is -2.30. The number of carbonyl (C=O) groups excluding carboxylic acids is 3. The fraction of sp³-hybridized carbons (Fsp3) is 0.658. The summed E-state index contributed by atoms with van der Waals surface area (Å²) in [6.07, 6.45) is 85.9. The highest BCUT2D eigenvalue weighted by Gasteiger charge is 2.29. The highest BCUT2D eigenvalue weighted by Crippen LogP contribution is 2.45. The van der Waals surface area contributed by atoms with Crippen LogP contribution in [0.25, 0.3) is 0 Å². The zero-order valence-electron chi connectivity index (χ0n) is 60.2. The quantitative estimate of drug-likeness (QED) is 0.0146. The Balaban J connectivity index is 4.71. The molecule has 5 atom stereocenters. The van der Waals surface area contributed by atoms with Crippen molar-refractivity contribution in [2.45, 2.75) is 296 Å². The van der Waals surface area contributed by atoms with Crippen LogP contribution < -0.4 is 0 Å². The average Bonchev–Trinajstić information content (AvgIpc) is 1.62. The number of unbranched alkanes of at least 4 members (excludes halogenated alkanes) is 22. The molecule has 0 amide bonds. The fourth-order valence-corrected chi connectivity index (χ4v) is 11.0. The van der Waals surface area contributed by atoms with Crippen LogP contribution in [0.5, 0.6) is 0 Å². The molecule has 0 saturated heterocycles. The maximum absolute atomic E-state index is 13.0. The smallest absolute Gasteiger partial charge is 0.463 e. The van der Waals surface area contributed by atoms with E-state index >= 15 is 0 Å². The van der Waals surface area contributed by atoms with Gasteiger partial charge in [-0.05, 0) is 141 Å². The molecule has 0 aliphatic carbocycles. The maximum atomic E-state index is 13.0. The third kappa shape index (κ3) is 72.5. The third-order valence-corrected chi connectivity index (χ3v) is 16.9. The Morgan fingerprint density at radius 1 is 0.299 bits per heavy atom. The number of hydrogen-bond donors (Lipinski definition) is 4. The molecule has 0 aromatic rings. The number of hydrogen-bond acceptors (Lipinski definition) is 14. The number of carbonyl (C=O) groups is 3. The number of esters is 3. The molecule has 0 fully saturated rings. The molecule has 0 aromatic heterocycles. The SMILES string of the molecule is CC/C=C\C/C=C\C/C=C\C/C=C\CCCCCCCCC(=O)OCC(COP(=O)(O)OCC(O)COP(=O)(O)OCC(O)COC(=O)CCCCCCCCC/C=C\C/C=C\C/C=C\C/C=C\CCCCC)OC(=O)CCCCCCCC/C=C\C/C=C\C/C=C\C/C=C\CC. The highest BCUT2D eigenvalue weighted by molar-refractivity contribution is 7.47. The number of ether oxygens (including phenoxy) is 3. The van der Waals surface area contributed by atoms with Crippen molar-refractivity contribution in [1.29, 1.82) is 0 Å². The Kier molecular flexibility index (Phi) is 67.9. The van der Waals surface area contributed by atoms with E-state index in [0.29, 0.717) is 19.3 Å². The van der Waals surface area contributed by atoms with Gasteiger partial charge in [0, 0.05) is 19.3 Å². The van der Waals surface area contributed by atoms with Crippen LogP contribution >= 0.6 is 15.6 Å². The minimum Gasteiger partial charge on any atom is -0.463 e. The number of aliphatic hydroxyl groups excluding tert-OH is 2. The second kappa shape index (κ2) is 71.3. The van der Waals surface area contributed by atoms with Gasteiger partial charge in [-0.1, -0.05) is 263 Å². The van der Waals surface area contributed by atoms with Crippen molar-refractivity contribution in [3.8, 4) is 0 Å². The van der Waals surface area contributed by atoms with E-state index in [-0.39, 0.29) is 19.3 Å². The molecule has 4 N–H and O–H groups in total. The van der Waals surface area contributed by atoms with E-state index in [1.165, 1.54) is 25.7 Å². The molecule has 5 unspecified atom stereocenters. The predicted octanol–water partition coefficient (Wildman–Crippen LogP) is 21.3. The van der Waals surface area contributed by atoms with E-state index in [1.54, 1.807) is 0 Å². The van der Waals surface area contributed by atoms with Crippen molar-refractivity contribution < 1.29 is 75.8 Å². The second-order valence-corrected chi connectivity index (χ2v) is 27.2. The minimum absolute atomic E-state index is 0.0797. The van der Waals surface area contributed by atoms with Crippen molar-refractivity contribution in [3.05, 3.63) is 146 Å². The summed E-state index contributed by atoms with van der Waals surface area (Å²) in [6, 6.07) is 0. The summed E-state index contributed by atoms with van der Waals surface area (Å²) < 4.78 is 61.1. The molecular weight excluding hydrogens is 1270 g/mol. The average molecular weight is 1400 g/mol. The predicted molar refractivity (Wildman–Crippen MR) is 399 cm³/mol. The largest absolute Gasteiger partial charge is 0.472 e. The van der Waals surface area contributed by atoms with E-state index in [9.17, 15) is 43.5 Å². The van der Waals surface area contributed by atoms with E-state index in [4.69, 9.17) is 32.3 Å². The van der Waals surface area contributed by atoms with Gasteiger partial charge >= 0.3 is 33.6 Å². The zero-order valence-corrected chi connectivity index (χ0v) is 62.0. The van der Waals surface area contributed by atoms with Crippen molar-refractivity contribution in [1.82, 2.24) is 0 Å². The monoisotopic (exact) mass is 1400 g/mol. The van der Waals surface area contributed by atoms with Gasteiger partial charge in [-0.3, -0.25) is 32.5 Å². The summed E-state index contributed by atoms with van der Waals surface area (Å²) in [7, 11) is -9.81. The Hall–Kier alpha value is -4.57. The van der Waals surface area contributed by atoms with Crippen LogP contribution in [0.4, 0.5) is 0 Å². The summed E-state index contributed by atoms with van der Waals surface area (Å²) in [5.41, 5.74) is 0. The van der Waals surface area contributed by atoms with Gasteiger partial charge in [0.25, 0.3) is 0 Å². The van der Waals surface area contributed by atoms with Gasteiger partial charge in [0.1, 0.15) is 25.4 Å². The Morgan fingerprint density at radius 3 is 0.866 bits per heavy atom. The van der Waals surface area contributed by atoms with E-state index in [1.807, 2.05) is 0 Å². The molecule has 554 valence electrons. The molecule has 16 nitrogen and oxygen atoms in total. The molecule has 0 aromatic carbocycles. The summed E-state index contributed by atoms with van der Waals surface area (Å²) in [4.78, 5) is 58.6. The molecule has 0 aliphatic heterocycles. The number of phosphoric acid groups is 2. The summed E-state index contributed by atoms with van der Waals surface area (Å²) in [5.74, 6) is -1.62. The van der Waals surface area contributed by atoms with Gasteiger partial charge in [-0.25, -0.2) is 9.13 Å². The molecule has 18 heteroatoms. The van der Waals surface area contributed by atoms with Crippen LogP contribution in [-0.2, 0) is 55.8 Å². The van der Waals surface area contributed by atoms with Gasteiger partial charge in [0.05, 0.1) is 26.4 Å². The number of aliphatic hydroxyl groups is 2. The van der Waals surface area contributed by atoms with Crippen molar-refractivity contribution in [2.24, 2.45) is 0 Å². The summed E-state index contributed by atoms with van der Waals surface area (Å²) >= 11 is 0. The first-order valence-electron chi connectivity index (χ1n) is 37.1. The standard InChI is InChI=1S/C79H132O16P2/c1-4-7-10-13-16-19-22-25-28-31-34-35-36-37-40-42-44-47-50-53-56-59-62-65-77(82)89-68-74(80)69-91-96(85,86)92-70-75(81)71-93-97(87,88)94-73-76(95-79(84)67-64-61-58-55-52-49-46-43-39-33-30-27-24-21-18-15-12-9-6-3)72-90-78(83)66-63-60-57-54-51-48-45-41-38-32-29-26-23-20-17-14-11-8-5-2/h8-9,11-12,16-21,25-30,34-35,37-41,43,74-76,80-81H,4-7,10,13-15,22-24,31-33,36,42,44-73H2,1-3H3,(H,85,86)(H,87,88)/b11-8-,12-9-,19-16-,20-17-,21-18-,28-25-,29-26-,30-27-,35-34-,40-37-,41-38-,43-39-. The van der Waals surface area contributed by atoms with E-state index < -0.39 is 91.5 Å². The fourth-order valence-electron chi connectivity index (χ4n) is 9.42. The molecule has 97 heavy (non-hydrogen) atoms. The van der Waals surface area contributed by atoms with Crippen molar-refractivity contribution in [3.63, 3.8) is 0 Å². The molecule has 0 spiro atoms. The van der Waals surface area contributed by atoms with Crippen LogP contribution in [0, 0.1) is 0 Å². The van der Waals surface area contributed by atoms with Crippen molar-refractivity contribution >= 4 is 33.6 Å². The molecule has 0 radical (unpaired) electrons. The number of rotatable bonds is 69. The normalized spacial score (nSPS) is 14.9. The van der Waals surface area contributed by atoms with E-state index in [0.717, 1.165) is 193 Å². The van der Waals surface area contributed by atoms with Crippen LogP contribution in [0.2, 0.25) is 0 Å². The van der Waals surface area contributed by atoms with Crippen LogP contribution in [0.3, 0.4) is 0 Å². The Morgan fingerprint density at radius 2 is 0.546 bits per heavy atom. The number of phosphoric ester groups is 2. The molecule has 0 bridgehead atoms. The minimum atomic E-state index is -4.94. The lowest BCUT2D eigenvalue weighted by Gasteiger charge is -2.21. The van der Waals surface area contributed by atoms with Crippen LogP contribution in [0.15, 0.2) is 146 Å². The first kappa shape index (κ1) is 92.4. The van der Waals surface area contributed by atoms with Gasteiger partial charge in [0.2, 0.25) is 0 Å². The number of allylic oxidation sites excluding steroid dienone is 24. The molecule has 0 aliphatic rings. The molecular formula is C79H132O16P2. The zero-order chi connectivity index (χ0) is 70.9. The first-order chi connectivity index (χ1) is 47.2. The van der Waals surface area contributed by atoms with Crippen LogP contribution in [0.1, 0.15) is 278 Å². The van der Waals surface area contributed by atoms with Crippen molar-refractivity contribution in [2.75, 3.05) is 39.6 Å². The van der Waals surface area contributed by atoms with E-state index in [2.05, 4.69) is 167 Å². The first-order valence-corrected chi connectivity index (χ1v) is 40.1. The second-order valence-electron chi connectivity index (χ2n) is 24.3. The highest BCUT2D eigenvalue weighted by atomic mass is 31.2. The molecule has 0 saturated carbocycles. The topological polar surface area (TPSA) is 231 Å². The lowest BCUT2D eigenvalue weighted by molar-refractivity contribution is -0.161. The Bertz CT molecular complexity index is 2350. The molecule has 0 heterocycles. The van der Waals surface area contributed by atoms with Crippen LogP contribution in [-0.4, -0.2) is 95.9 Å². The lowest BCUT2D eigenvalue weighted by atomic mass is 10.1. The molecule has 0 rings (SSSR count). The van der Waals surface area contributed by atoms with Gasteiger partial charge < -0.3 is 34.2 Å². The maximum Gasteiger partial charge on any atom is 0.472 e. The van der Waals surface area contributed by atoms with Gasteiger partial charge in [-0.15, -0.1) is 0 Å². The van der Waals surface area contributed by atoms with Gasteiger partial charge in [-0.2, -0.15) is 0 Å². The van der Waals surface area contributed by atoms with Gasteiger partial charge in [0.15, 0.2) is 6.10 Å².